The van der Waals surface area contributed by atoms with Gasteiger partial charge in [-0.1, -0.05) is 25.0 Å². The molecule has 1 aromatic rings. The molecule has 108 valence electrons. The van der Waals surface area contributed by atoms with Crippen LogP contribution in [0.2, 0.25) is 0 Å². The molecule has 0 bridgehead atoms. The zero-order chi connectivity index (χ0) is 14.6. The van der Waals surface area contributed by atoms with E-state index in [1.54, 1.807) is 24.3 Å². The minimum absolute atomic E-state index is 0.140. The van der Waals surface area contributed by atoms with Crippen LogP contribution < -0.4 is 16.4 Å². The Kier molecular flexibility index (Phi) is 4.12. The summed E-state index contributed by atoms with van der Waals surface area (Å²) in [6, 6.07) is 6.48. The second-order valence-electron chi connectivity index (χ2n) is 5.19. The lowest BCUT2D eigenvalue weighted by molar-refractivity contribution is -0.148. The average Bonchev–Trinajstić information content (AvgIpc) is 2.89. The van der Waals surface area contributed by atoms with Gasteiger partial charge in [-0.15, -0.1) is 0 Å². The van der Waals surface area contributed by atoms with Gasteiger partial charge in [0.05, 0.1) is 16.8 Å². The van der Waals surface area contributed by atoms with Gasteiger partial charge in [-0.2, -0.15) is 0 Å². The summed E-state index contributed by atoms with van der Waals surface area (Å²) in [5.74, 6) is -0.838. The van der Waals surface area contributed by atoms with Crippen LogP contribution in [0.25, 0.3) is 0 Å². The Morgan fingerprint density at radius 3 is 2.50 bits per heavy atom. The fourth-order valence-electron chi connectivity index (χ4n) is 2.54. The first-order valence-electron chi connectivity index (χ1n) is 6.66. The highest BCUT2D eigenvalue weighted by Crippen LogP contribution is 2.37. The molecular weight excluding hydrogens is 258 g/mol. The standard InChI is InChI=1S/C14H19N3O3/c15-10-5-1-2-6-11(10)17-13(20)16-9-14(12(18)19)7-3-4-8-14/h1-2,5-6H,3-4,7-9,15H2,(H,18,19)(H2,16,17,20). The summed E-state index contributed by atoms with van der Waals surface area (Å²) in [6.07, 6.45) is 2.99. The number of nitrogens with two attached hydrogens (primary N) is 1. The zero-order valence-electron chi connectivity index (χ0n) is 11.2. The molecule has 1 aliphatic carbocycles. The minimum atomic E-state index is -0.838. The highest BCUT2D eigenvalue weighted by molar-refractivity contribution is 5.92. The van der Waals surface area contributed by atoms with Crippen LogP contribution in [0.4, 0.5) is 16.2 Å². The van der Waals surface area contributed by atoms with Crippen molar-refractivity contribution in [2.24, 2.45) is 5.41 Å². The number of carboxylic acids is 1. The van der Waals surface area contributed by atoms with E-state index in [0.29, 0.717) is 24.2 Å². The molecule has 1 aliphatic rings. The highest BCUT2D eigenvalue weighted by Gasteiger charge is 2.41. The van der Waals surface area contributed by atoms with Crippen LogP contribution in [0.3, 0.4) is 0 Å². The molecule has 1 fully saturated rings. The molecule has 0 unspecified atom stereocenters. The van der Waals surface area contributed by atoms with Crippen molar-refractivity contribution in [3.63, 3.8) is 0 Å². The lowest BCUT2D eigenvalue weighted by Gasteiger charge is -2.24. The fourth-order valence-corrected chi connectivity index (χ4v) is 2.54. The number of hydrogen-bond acceptors (Lipinski definition) is 3. The van der Waals surface area contributed by atoms with Gasteiger partial charge in [-0.25, -0.2) is 4.79 Å². The van der Waals surface area contributed by atoms with Crippen LogP contribution in [-0.4, -0.2) is 23.7 Å². The van der Waals surface area contributed by atoms with Crippen molar-refractivity contribution in [2.75, 3.05) is 17.6 Å². The molecule has 0 radical (unpaired) electrons. The summed E-state index contributed by atoms with van der Waals surface area (Å²) < 4.78 is 0. The average molecular weight is 277 g/mol. The van der Waals surface area contributed by atoms with E-state index in [9.17, 15) is 14.7 Å². The van der Waals surface area contributed by atoms with Crippen LogP contribution >= 0.6 is 0 Å². The number of aliphatic carboxylic acids is 1. The van der Waals surface area contributed by atoms with Crippen molar-refractivity contribution in [1.29, 1.82) is 0 Å². The highest BCUT2D eigenvalue weighted by atomic mass is 16.4. The van der Waals surface area contributed by atoms with E-state index >= 15 is 0 Å². The number of anilines is 2. The smallest absolute Gasteiger partial charge is 0.319 e. The SMILES string of the molecule is Nc1ccccc1NC(=O)NCC1(C(=O)O)CCCC1. The topological polar surface area (TPSA) is 104 Å². The summed E-state index contributed by atoms with van der Waals surface area (Å²) in [7, 11) is 0. The lowest BCUT2D eigenvalue weighted by atomic mass is 9.86. The molecule has 20 heavy (non-hydrogen) atoms. The first-order chi connectivity index (χ1) is 9.53. The number of amides is 2. The summed E-state index contributed by atoms with van der Waals surface area (Å²) in [5, 5.41) is 14.6. The maximum Gasteiger partial charge on any atom is 0.319 e. The van der Waals surface area contributed by atoms with Gasteiger partial charge in [-0.3, -0.25) is 4.79 Å². The van der Waals surface area contributed by atoms with Gasteiger partial charge in [0.2, 0.25) is 0 Å². The first-order valence-corrected chi connectivity index (χ1v) is 6.66. The first kappa shape index (κ1) is 14.2. The Bertz CT molecular complexity index is 510. The molecular formula is C14H19N3O3. The summed E-state index contributed by atoms with van der Waals surface area (Å²) in [6.45, 7) is 0.140. The van der Waals surface area contributed by atoms with Crippen LogP contribution in [0, 0.1) is 5.41 Å². The molecule has 0 heterocycles. The maximum absolute atomic E-state index is 11.8. The van der Waals surface area contributed by atoms with E-state index in [-0.39, 0.29) is 6.54 Å². The number of carbonyl (C=O) groups is 2. The Hall–Kier alpha value is -2.24. The van der Waals surface area contributed by atoms with Crippen molar-refractivity contribution >= 4 is 23.4 Å². The zero-order valence-corrected chi connectivity index (χ0v) is 11.2. The predicted octanol–water partition coefficient (Wildman–Crippen LogP) is 2.04. The number of para-hydroxylation sites is 2. The number of carboxylic acid groups (broad SMARTS) is 1. The number of urea groups is 1. The van der Waals surface area contributed by atoms with Crippen molar-refractivity contribution in [3.8, 4) is 0 Å². The Morgan fingerprint density at radius 1 is 1.25 bits per heavy atom. The van der Waals surface area contributed by atoms with Crippen LogP contribution in [0.1, 0.15) is 25.7 Å². The molecule has 6 nitrogen and oxygen atoms in total. The van der Waals surface area contributed by atoms with Crippen molar-refractivity contribution in [3.05, 3.63) is 24.3 Å². The molecule has 6 heteroatoms. The van der Waals surface area contributed by atoms with Crippen LogP contribution in [-0.2, 0) is 4.79 Å². The van der Waals surface area contributed by atoms with Crippen molar-refractivity contribution in [2.45, 2.75) is 25.7 Å². The number of hydrogen-bond donors (Lipinski definition) is 4. The van der Waals surface area contributed by atoms with Gasteiger partial charge in [-0.05, 0) is 25.0 Å². The monoisotopic (exact) mass is 277 g/mol. The van der Waals surface area contributed by atoms with Gasteiger partial charge in [0.25, 0.3) is 0 Å². The van der Waals surface area contributed by atoms with Gasteiger partial charge < -0.3 is 21.5 Å². The third-order valence-corrected chi connectivity index (χ3v) is 3.81. The lowest BCUT2D eigenvalue weighted by Crippen LogP contribution is -2.42. The Balaban J connectivity index is 1.92. The molecule has 1 aromatic carbocycles. The molecule has 2 amide bonds. The molecule has 0 atom stereocenters. The van der Waals surface area contributed by atoms with E-state index in [1.165, 1.54) is 0 Å². The van der Waals surface area contributed by atoms with E-state index in [4.69, 9.17) is 5.73 Å². The summed E-state index contributed by atoms with van der Waals surface area (Å²) in [4.78, 5) is 23.2. The van der Waals surface area contributed by atoms with E-state index in [1.807, 2.05) is 0 Å². The number of rotatable bonds is 4. The van der Waals surface area contributed by atoms with Crippen molar-refractivity contribution in [1.82, 2.24) is 5.32 Å². The largest absolute Gasteiger partial charge is 0.481 e. The van der Waals surface area contributed by atoms with E-state index in [2.05, 4.69) is 10.6 Å². The third kappa shape index (κ3) is 3.01. The molecule has 1 saturated carbocycles. The number of benzene rings is 1. The summed E-state index contributed by atoms with van der Waals surface area (Å²) >= 11 is 0. The van der Waals surface area contributed by atoms with Gasteiger partial charge in [0.1, 0.15) is 0 Å². The van der Waals surface area contributed by atoms with Crippen molar-refractivity contribution < 1.29 is 14.7 Å². The molecule has 0 aliphatic heterocycles. The van der Waals surface area contributed by atoms with Gasteiger partial charge >= 0.3 is 12.0 Å². The Labute approximate surface area is 117 Å². The Morgan fingerprint density at radius 2 is 1.90 bits per heavy atom. The van der Waals surface area contributed by atoms with Crippen LogP contribution in [0.5, 0.6) is 0 Å². The molecule has 0 saturated heterocycles. The summed E-state index contributed by atoms with van der Waals surface area (Å²) in [5.41, 5.74) is 5.89. The van der Waals surface area contributed by atoms with Crippen LogP contribution in [0.15, 0.2) is 24.3 Å². The third-order valence-electron chi connectivity index (χ3n) is 3.81. The van der Waals surface area contributed by atoms with Gasteiger partial charge in [0, 0.05) is 6.54 Å². The second-order valence-corrected chi connectivity index (χ2v) is 5.19. The number of nitrogens with one attached hydrogen (secondary N) is 2. The minimum Gasteiger partial charge on any atom is -0.481 e. The predicted molar refractivity (Wildman–Crippen MR) is 76.4 cm³/mol. The maximum atomic E-state index is 11.8. The molecule has 0 spiro atoms. The molecule has 0 aromatic heterocycles. The molecule has 2 rings (SSSR count). The van der Waals surface area contributed by atoms with E-state index < -0.39 is 17.4 Å². The van der Waals surface area contributed by atoms with Gasteiger partial charge in [0.15, 0.2) is 0 Å². The number of nitrogen functional groups attached to an aromatic ring is 1. The number of carbonyl (C=O) groups excluding carboxylic acids is 1. The quantitative estimate of drug-likeness (QED) is 0.632. The second kappa shape index (κ2) is 5.81. The molecule has 5 N–H and O–H groups in total. The van der Waals surface area contributed by atoms with E-state index in [0.717, 1.165) is 12.8 Å². The fraction of sp³-hybridized carbons (Fsp3) is 0.429. The normalized spacial score (nSPS) is 16.6.